The van der Waals surface area contributed by atoms with Gasteiger partial charge in [0.1, 0.15) is 11.3 Å². The first-order valence-corrected chi connectivity index (χ1v) is 12.3. The summed E-state index contributed by atoms with van der Waals surface area (Å²) in [5, 5.41) is 3.54. The van der Waals surface area contributed by atoms with Crippen molar-refractivity contribution in [3.63, 3.8) is 0 Å². The lowest BCUT2D eigenvalue weighted by Crippen LogP contribution is -2.48. The second-order valence-corrected chi connectivity index (χ2v) is 8.79. The van der Waals surface area contributed by atoms with Gasteiger partial charge < -0.3 is 33.7 Å². The molecule has 0 aliphatic carbocycles. The first-order chi connectivity index (χ1) is 18.5. The van der Waals surface area contributed by atoms with E-state index in [9.17, 15) is 9.59 Å². The van der Waals surface area contributed by atoms with E-state index in [1.165, 1.54) is 21.3 Å². The number of nitrogens with zero attached hydrogens (tertiary/aromatic N) is 2. The number of carbonyl (C=O) groups is 2. The van der Waals surface area contributed by atoms with Gasteiger partial charge in [-0.15, -0.1) is 0 Å². The predicted octanol–water partition coefficient (Wildman–Crippen LogP) is 4.67. The summed E-state index contributed by atoms with van der Waals surface area (Å²) >= 11 is 0. The van der Waals surface area contributed by atoms with Crippen molar-refractivity contribution in [3.05, 3.63) is 78.1 Å². The number of hydrogen-bond acceptors (Lipinski definition) is 7. The summed E-state index contributed by atoms with van der Waals surface area (Å²) in [4.78, 5) is 31.0. The van der Waals surface area contributed by atoms with Gasteiger partial charge >= 0.3 is 0 Å². The van der Waals surface area contributed by atoms with Crippen LogP contribution in [-0.4, -0.2) is 64.2 Å². The van der Waals surface area contributed by atoms with E-state index in [0.717, 1.165) is 5.69 Å². The summed E-state index contributed by atoms with van der Waals surface area (Å²) in [6, 6.07) is 20.5. The van der Waals surface area contributed by atoms with Crippen LogP contribution in [-0.2, 0) is 0 Å². The molecule has 1 saturated heterocycles. The van der Waals surface area contributed by atoms with Crippen LogP contribution in [0.1, 0.15) is 20.9 Å². The number of benzene rings is 3. The summed E-state index contributed by atoms with van der Waals surface area (Å²) in [5.41, 5.74) is 2.25. The highest BCUT2D eigenvalue weighted by molar-refractivity contribution is 6.14. The molecule has 0 radical (unpaired) electrons. The molecular formula is C29H29N3O6. The molecule has 1 aliphatic heterocycles. The number of ether oxygens (including phenoxy) is 3. The van der Waals surface area contributed by atoms with Crippen LogP contribution in [0.5, 0.6) is 17.2 Å². The molecule has 3 aromatic carbocycles. The van der Waals surface area contributed by atoms with Gasteiger partial charge in [-0.3, -0.25) is 9.59 Å². The first-order valence-electron chi connectivity index (χ1n) is 12.3. The van der Waals surface area contributed by atoms with Crippen LogP contribution >= 0.6 is 0 Å². The van der Waals surface area contributed by atoms with E-state index in [0.29, 0.717) is 60.1 Å². The van der Waals surface area contributed by atoms with E-state index < -0.39 is 5.91 Å². The summed E-state index contributed by atoms with van der Waals surface area (Å²) in [7, 11) is 4.46. The van der Waals surface area contributed by atoms with Crippen molar-refractivity contribution < 1.29 is 28.2 Å². The quantitative estimate of drug-likeness (QED) is 0.382. The Morgan fingerprint density at radius 1 is 0.816 bits per heavy atom. The van der Waals surface area contributed by atoms with E-state index in [1.807, 2.05) is 36.4 Å². The van der Waals surface area contributed by atoms with Gasteiger partial charge in [-0.1, -0.05) is 30.3 Å². The van der Waals surface area contributed by atoms with E-state index in [2.05, 4.69) is 22.3 Å². The van der Waals surface area contributed by atoms with Crippen LogP contribution in [0.25, 0.3) is 11.0 Å². The van der Waals surface area contributed by atoms with Crippen LogP contribution in [0.3, 0.4) is 0 Å². The molecule has 196 valence electrons. The summed E-state index contributed by atoms with van der Waals surface area (Å²) in [6.45, 7) is 2.46. The molecule has 1 aliphatic rings. The molecule has 0 unspecified atom stereocenters. The number of fused-ring (bicyclic) bond motifs is 1. The number of furan rings is 1. The Bertz CT molecular complexity index is 1430. The lowest BCUT2D eigenvalue weighted by molar-refractivity contribution is 0.0718. The number of para-hydroxylation sites is 2. The van der Waals surface area contributed by atoms with Crippen molar-refractivity contribution >= 4 is 34.2 Å². The highest BCUT2D eigenvalue weighted by Crippen LogP contribution is 2.39. The fraction of sp³-hybridized carbons (Fsp3) is 0.241. The molecule has 1 aromatic heterocycles. The van der Waals surface area contributed by atoms with Crippen molar-refractivity contribution in [1.29, 1.82) is 0 Å². The molecule has 9 nitrogen and oxygen atoms in total. The van der Waals surface area contributed by atoms with Crippen molar-refractivity contribution in [2.45, 2.75) is 0 Å². The second kappa shape index (κ2) is 10.8. The minimum atomic E-state index is -0.446. The van der Waals surface area contributed by atoms with Crippen molar-refractivity contribution in [2.75, 3.05) is 57.7 Å². The monoisotopic (exact) mass is 515 g/mol. The predicted molar refractivity (Wildman–Crippen MR) is 145 cm³/mol. The maximum absolute atomic E-state index is 13.6. The molecule has 4 aromatic rings. The summed E-state index contributed by atoms with van der Waals surface area (Å²) in [5.74, 6) is 0.460. The zero-order valence-electron chi connectivity index (χ0n) is 21.5. The fourth-order valence-corrected chi connectivity index (χ4v) is 4.67. The summed E-state index contributed by atoms with van der Waals surface area (Å²) in [6.07, 6.45) is 0. The Hall–Kier alpha value is -4.66. The molecule has 2 heterocycles. The number of amides is 2. The molecule has 5 rings (SSSR count). The number of hydrogen-bond donors (Lipinski definition) is 1. The first kappa shape index (κ1) is 25.0. The highest BCUT2D eigenvalue weighted by Gasteiger charge is 2.29. The van der Waals surface area contributed by atoms with Crippen LogP contribution in [0.15, 0.2) is 71.1 Å². The van der Waals surface area contributed by atoms with Crippen molar-refractivity contribution in [2.24, 2.45) is 0 Å². The summed E-state index contributed by atoms with van der Waals surface area (Å²) < 4.78 is 22.1. The van der Waals surface area contributed by atoms with Crippen LogP contribution < -0.4 is 24.4 Å². The number of anilines is 2. The van der Waals surface area contributed by atoms with Crippen molar-refractivity contribution in [1.82, 2.24) is 4.90 Å². The molecule has 0 spiro atoms. The maximum Gasteiger partial charge on any atom is 0.291 e. The highest BCUT2D eigenvalue weighted by atomic mass is 16.5. The van der Waals surface area contributed by atoms with Gasteiger partial charge in [-0.2, -0.15) is 0 Å². The Morgan fingerprint density at radius 2 is 1.45 bits per heavy atom. The fourth-order valence-electron chi connectivity index (χ4n) is 4.67. The molecule has 0 saturated carbocycles. The third kappa shape index (κ3) is 4.70. The largest absolute Gasteiger partial charge is 0.493 e. The Morgan fingerprint density at radius 3 is 2.08 bits per heavy atom. The van der Waals surface area contributed by atoms with Crippen LogP contribution in [0.4, 0.5) is 11.4 Å². The Kier molecular flexibility index (Phi) is 7.08. The minimum Gasteiger partial charge on any atom is -0.493 e. The number of nitrogens with one attached hydrogen (secondary N) is 1. The number of carbonyl (C=O) groups excluding carboxylic acids is 2. The molecular weight excluding hydrogens is 486 g/mol. The minimum absolute atomic E-state index is 0.0974. The Balaban J connectivity index is 1.42. The molecule has 0 atom stereocenters. The van der Waals surface area contributed by atoms with Gasteiger partial charge in [0.25, 0.3) is 11.8 Å². The zero-order chi connectivity index (χ0) is 26.6. The number of methoxy groups -OCH3 is 3. The van der Waals surface area contributed by atoms with E-state index in [4.69, 9.17) is 18.6 Å². The van der Waals surface area contributed by atoms with E-state index in [1.54, 1.807) is 23.1 Å². The van der Waals surface area contributed by atoms with Gasteiger partial charge in [0, 0.05) is 42.8 Å². The van der Waals surface area contributed by atoms with E-state index >= 15 is 0 Å². The normalized spacial score (nSPS) is 13.3. The average molecular weight is 516 g/mol. The molecule has 38 heavy (non-hydrogen) atoms. The molecule has 2 amide bonds. The second-order valence-electron chi connectivity index (χ2n) is 8.79. The lowest BCUT2D eigenvalue weighted by Gasteiger charge is -2.35. The standard InChI is InChI=1S/C29H29N3O6/c1-35-23-17-19(18-24(36-2)26(23)37-3)28(33)30-25-21-11-7-8-12-22(21)38-27(25)29(34)32-15-13-31(14-16-32)20-9-5-4-6-10-20/h4-12,17-18H,13-16H2,1-3H3,(H,30,33). The maximum atomic E-state index is 13.6. The van der Waals surface area contributed by atoms with Gasteiger partial charge in [-0.05, 0) is 36.4 Å². The molecule has 0 bridgehead atoms. The number of rotatable bonds is 7. The van der Waals surface area contributed by atoms with Gasteiger partial charge in [0.2, 0.25) is 11.5 Å². The third-order valence-electron chi connectivity index (χ3n) is 6.64. The topological polar surface area (TPSA) is 93.5 Å². The van der Waals surface area contributed by atoms with Crippen LogP contribution in [0.2, 0.25) is 0 Å². The smallest absolute Gasteiger partial charge is 0.291 e. The zero-order valence-corrected chi connectivity index (χ0v) is 21.5. The van der Waals surface area contributed by atoms with Crippen molar-refractivity contribution in [3.8, 4) is 17.2 Å². The van der Waals surface area contributed by atoms with Gasteiger partial charge in [-0.25, -0.2) is 0 Å². The average Bonchev–Trinajstić information content (AvgIpc) is 3.34. The van der Waals surface area contributed by atoms with Gasteiger partial charge in [0.15, 0.2) is 11.5 Å². The van der Waals surface area contributed by atoms with Crippen LogP contribution in [0, 0.1) is 0 Å². The SMILES string of the molecule is COc1cc(C(=O)Nc2c(C(=O)N3CCN(c4ccccc4)CC3)oc3ccccc23)cc(OC)c1OC. The number of piperazine rings is 1. The molecule has 9 heteroatoms. The molecule has 1 N–H and O–H groups in total. The Labute approximate surface area is 220 Å². The third-order valence-corrected chi connectivity index (χ3v) is 6.64. The van der Waals surface area contributed by atoms with Gasteiger partial charge in [0.05, 0.1) is 21.3 Å². The lowest BCUT2D eigenvalue weighted by atomic mass is 10.1. The molecule has 1 fully saturated rings. The van der Waals surface area contributed by atoms with E-state index in [-0.39, 0.29) is 17.2 Å².